The van der Waals surface area contributed by atoms with Gasteiger partial charge in [0.1, 0.15) is 5.69 Å². The molecule has 0 N–H and O–H groups in total. The Bertz CT molecular complexity index is 790. The summed E-state index contributed by atoms with van der Waals surface area (Å²) in [4.78, 5) is 14.4. The van der Waals surface area contributed by atoms with Crippen LogP contribution in [0.1, 0.15) is 22.5 Å². The Kier molecular flexibility index (Phi) is 3.21. The van der Waals surface area contributed by atoms with Crippen LogP contribution in [0.2, 0.25) is 0 Å². The van der Waals surface area contributed by atoms with Crippen molar-refractivity contribution in [3.8, 4) is 5.69 Å². The third-order valence-electron chi connectivity index (χ3n) is 4.63. The van der Waals surface area contributed by atoms with Crippen LogP contribution in [0.5, 0.6) is 0 Å². The van der Waals surface area contributed by atoms with E-state index in [2.05, 4.69) is 5.10 Å². The summed E-state index contributed by atoms with van der Waals surface area (Å²) in [5.41, 5.74) is -0.532. The Morgan fingerprint density at radius 3 is 2.62 bits per heavy atom. The average Bonchev–Trinajstić information content (AvgIpc) is 2.94. The van der Waals surface area contributed by atoms with Gasteiger partial charge >= 0.3 is 6.18 Å². The number of hydrogen-bond donors (Lipinski definition) is 0. The lowest BCUT2D eigenvalue weighted by atomic mass is 9.82. The maximum atomic E-state index is 13.0. The predicted octanol–water partition coefficient (Wildman–Crippen LogP) is 2.51. The highest BCUT2D eigenvalue weighted by Crippen LogP contribution is 2.38. The van der Waals surface area contributed by atoms with Gasteiger partial charge in [-0.25, -0.2) is 4.68 Å². The van der Waals surface area contributed by atoms with E-state index in [1.165, 1.54) is 12.1 Å². The molecular formula is C16H14F3N3O2. The molecule has 5 nitrogen and oxygen atoms in total. The summed E-state index contributed by atoms with van der Waals surface area (Å²) < 4.78 is 45.1. The maximum absolute atomic E-state index is 13.0. The highest BCUT2D eigenvalue weighted by Gasteiger charge is 2.53. The van der Waals surface area contributed by atoms with Crippen LogP contribution in [0.4, 0.5) is 13.2 Å². The number of aromatic nitrogens is 2. The number of hydrogen-bond acceptors (Lipinski definition) is 3. The van der Waals surface area contributed by atoms with Crippen LogP contribution in [0.25, 0.3) is 5.69 Å². The third kappa shape index (κ3) is 2.21. The molecule has 1 amide bonds. The number of carbonyl (C=O) groups is 1. The molecule has 0 radical (unpaired) electrons. The van der Waals surface area contributed by atoms with Crippen LogP contribution in [-0.4, -0.2) is 45.9 Å². The lowest BCUT2D eigenvalue weighted by Gasteiger charge is -2.57. The van der Waals surface area contributed by atoms with E-state index in [4.69, 9.17) is 4.74 Å². The molecule has 2 aromatic rings. The van der Waals surface area contributed by atoms with E-state index in [-0.39, 0.29) is 17.1 Å². The molecule has 0 aliphatic carbocycles. The van der Waals surface area contributed by atoms with Gasteiger partial charge in [-0.3, -0.25) is 4.79 Å². The summed E-state index contributed by atoms with van der Waals surface area (Å²) in [6, 6.07) is 7.01. The van der Waals surface area contributed by atoms with Crippen LogP contribution >= 0.6 is 0 Å². The highest BCUT2D eigenvalue weighted by molar-refractivity contribution is 5.96. The fourth-order valence-corrected chi connectivity index (χ4v) is 3.14. The molecule has 126 valence electrons. The molecule has 0 saturated carbocycles. The molecule has 1 aromatic carbocycles. The van der Waals surface area contributed by atoms with Gasteiger partial charge in [0.05, 0.1) is 30.6 Å². The second-order valence-corrected chi connectivity index (χ2v) is 6.10. The first-order valence-electron chi connectivity index (χ1n) is 7.52. The van der Waals surface area contributed by atoms with Gasteiger partial charge in [-0.05, 0) is 30.7 Å². The first kappa shape index (κ1) is 15.2. The van der Waals surface area contributed by atoms with Crippen molar-refractivity contribution in [2.45, 2.75) is 18.1 Å². The monoisotopic (exact) mass is 337 g/mol. The summed E-state index contributed by atoms with van der Waals surface area (Å²) in [7, 11) is 0. The summed E-state index contributed by atoms with van der Waals surface area (Å²) in [6.07, 6.45) is -2.52. The van der Waals surface area contributed by atoms with Gasteiger partial charge in [0.2, 0.25) is 0 Å². The second-order valence-electron chi connectivity index (χ2n) is 6.10. The van der Waals surface area contributed by atoms with E-state index >= 15 is 0 Å². The normalized spacial score (nSPS) is 19.0. The van der Waals surface area contributed by atoms with E-state index in [0.29, 0.717) is 25.3 Å². The summed E-state index contributed by atoms with van der Waals surface area (Å²) in [6.45, 7) is 1.69. The molecule has 3 heterocycles. The van der Waals surface area contributed by atoms with Crippen LogP contribution in [-0.2, 0) is 10.9 Å². The first-order chi connectivity index (χ1) is 11.4. The van der Waals surface area contributed by atoms with Crippen molar-refractivity contribution < 1.29 is 22.7 Å². The molecule has 2 fully saturated rings. The fourth-order valence-electron chi connectivity index (χ4n) is 3.14. The lowest BCUT2D eigenvalue weighted by molar-refractivity contribution is -0.172. The summed E-state index contributed by atoms with van der Waals surface area (Å²) in [5.74, 6) is -0.188. The zero-order chi connectivity index (χ0) is 16.9. The minimum Gasteiger partial charge on any atom is -0.376 e. The van der Waals surface area contributed by atoms with Gasteiger partial charge in [0, 0.05) is 12.1 Å². The van der Waals surface area contributed by atoms with Gasteiger partial charge in [-0.1, -0.05) is 6.07 Å². The smallest absolute Gasteiger partial charge is 0.376 e. The van der Waals surface area contributed by atoms with Crippen molar-refractivity contribution in [1.29, 1.82) is 0 Å². The molecule has 1 aromatic heterocycles. The largest absolute Gasteiger partial charge is 0.433 e. The van der Waals surface area contributed by atoms with E-state index in [9.17, 15) is 18.0 Å². The molecule has 2 saturated heterocycles. The number of alkyl halides is 3. The molecule has 8 heteroatoms. The zero-order valence-corrected chi connectivity index (χ0v) is 12.6. The summed E-state index contributed by atoms with van der Waals surface area (Å²) >= 11 is 0. The summed E-state index contributed by atoms with van der Waals surface area (Å²) in [5, 5.41) is 3.74. The van der Waals surface area contributed by atoms with Gasteiger partial charge in [0.25, 0.3) is 5.91 Å². The Morgan fingerprint density at radius 2 is 2.04 bits per heavy atom. The van der Waals surface area contributed by atoms with Crippen LogP contribution in [0, 0.1) is 0 Å². The topological polar surface area (TPSA) is 47.4 Å². The van der Waals surface area contributed by atoms with E-state index in [0.717, 1.165) is 23.4 Å². The van der Waals surface area contributed by atoms with Gasteiger partial charge < -0.3 is 9.64 Å². The van der Waals surface area contributed by atoms with E-state index < -0.39 is 11.9 Å². The SMILES string of the molecule is O=C(c1cccc(-n2nccc2C(F)(F)F)c1)N1CCC12COC2. The molecule has 0 bridgehead atoms. The lowest BCUT2D eigenvalue weighted by Crippen LogP contribution is -2.72. The van der Waals surface area contributed by atoms with Crippen molar-refractivity contribution in [2.24, 2.45) is 0 Å². The number of rotatable bonds is 2. The fraction of sp³-hybridized carbons (Fsp3) is 0.375. The van der Waals surface area contributed by atoms with Gasteiger partial charge in [-0.15, -0.1) is 0 Å². The number of nitrogens with zero attached hydrogens (tertiary/aromatic N) is 3. The second kappa shape index (κ2) is 5.07. The van der Waals surface area contributed by atoms with E-state index in [1.807, 2.05) is 0 Å². The predicted molar refractivity (Wildman–Crippen MR) is 77.8 cm³/mol. The van der Waals surface area contributed by atoms with Crippen LogP contribution in [0.3, 0.4) is 0 Å². The first-order valence-corrected chi connectivity index (χ1v) is 7.52. The number of halogens is 3. The molecule has 24 heavy (non-hydrogen) atoms. The number of benzene rings is 1. The van der Waals surface area contributed by atoms with Crippen molar-refractivity contribution in [3.05, 3.63) is 47.8 Å². The Balaban J connectivity index is 1.65. The third-order valence-corrected chi connectivity index (χ3v) is 4.63. The number of carbonyl (C=O) groups excluding carboxylic acids is 1. The Labute approximate surface area is 135 Å². The van der Waals surface area contributed by atoms with Crippen molar-refractivity contribution in [3.63, 3.8) is 0 Å². The quantitative estimate of drug-likeness (QED) is 0.846. The maximum Gasteiger partial charge on any atom is 0.433 e. The number of likely N-dealkylation sites (tertiary alicyclic amines) is 1. The minimum atomic E-state index is -4.51. The van der Waals surface area contributed by atoms with Crippen LogP contribution in [0.15, 0.2) is 36.5 Å². The molecular weight excluding hydrogens is 323 g/mol. The Hall–Kier alpha value is -2.35. The molecule has 4 rings (SSSR count). The molecule has 0 unspecified atom stereocenters. The minimum absolute atomic E-state index is 0.188. The Morgan fingerprint density at radius 1 is 1.25 bits per heavy atom. The van der Waals surface area contributed by atoms with Crippen molar-refractivity contribution >= 4 is 5.91 Å². The van der Waals surface area contributed by atoms with Crippen molar-refractivity contribution in [1.82, 2.24) is 14.7 Å². The average molecular weight is 337 g/mol. The van der Waals surface area contributed by atoms with Crippen LogP contribution < -0.4 is 0 Å². The van der Waals surface area contributed by atoms with Gasteiger partial charge in [-0.2, -0.15) is 18.3 Å². The molecule has 2 aliphatic heterocycles. The zero-order valence-electron chi connectivity index (χ0n) is 12.6. The van der Waals surface area contributed by atoms with E-state index in [1.54, 1.807) is 17.0 Å². The standard InChI is InChI=1S/C16H14F3N3O2/c17-16(18,19)13-4-6-20-22(13)12-3-1-2-11(8-12)14(23)21-7-5-15(21)9-24-10-15/h1-4,6,8H,5,7,9-10H2. The van der Waals surface area contributed by atoms with Gasteiger partial charge in [0.15, 0.2) is 0 Å². The molecule has 0 atom stereocenters. The van der Waals surface area contributed by atoms with Crippen molar-refractivity contribution in [2.75, 3.05) is 19.8 Å². The molecule has 1 spiro atoms. The number of amides is 1. The molecule has 2 aliphatic rings. The number of ether oxygens (including phenoxy) is 1. The highest BCUT2D eigenvalue weighted by atomic mass is 19.4.